The number of aliphatic carboxylic acids is 4. The Morgan fingerprint density at radius 3 is 1.82 bits per heavy atom. The minimum absolute atomic E-state index is 0.00506. The van der Waals surface area contributed by atoms with Crippen molar-refractivity contribution in [3.05, 3.63) is 66.0 Å². The van der Waals surface area contributed by atoms with Crippen molar-refractivity contribution in [1.82, 2.24) is 0 Å². The highest BCUT2D eigenvalue weighted by Gasteiger charge is 2.38. The highest BCUT2D eigenvalue weighted by Crippen LogP contribution is 2.56. The van der Waals surface area contributed by atoms with Crippen LogP contribution in [0.4, 0.5) is 5.69 Å². The Bertz CT molecular complexity index is 2680. The number of nitrogens with one attached hydrogen (secondary N) is 1. The first-order valence-corrected chi connectivity index (χ1v) is 17.5. The molecule has 1 aliphatic rings. The van der Waals surface area contributed by atoms with Gasteiger partial charge >= 0.3 is 23.9 Å². The van der Waals surface area contributed by atoms with E-state index < -0.39 is 109 Å². The molecule has 0 radical (unpaired) electrons. The lowest BCUT2D eigenvalue weighted by Crippen LogP contribution is -2.31. The maximum absolute atomic E-state index is 14.5. The second-order valence-corrected chi connectivity index (χ2v) is 14.0. The molecule has 16 nitrogen and oxygen atoms in total. The Labute approximate surface area is 315 Å². The van der Waals surface area contributed by atoms with E-state index in [1.165, 1.54) is 20.1 Å². The number of carbonyl (C=O) groups excluding carboxylic acids is 1. The number of benzene rings is 5. The molecule has 5 aromatic rings. The van der Waals surface area contributed by atoms with Gasteiger partial charge < -0.3 is 45.8 Å². The van der Waals surface area contributed by atoms with E-state index in [1.54, 1.807) is 6.92 Å². The third-order valence-electron chi connectivity index (χ3n) is 10.7. The highest BCUT2D eigenvalue weighted by molar-refractivity contribution is 6.39. The van der Waals surface area contributed by atoms with Crippen LogP contribution in [0.25, 0.3) is 49.2 Å². The van der Waals surface area contributed by atoms with Gasteiger partial charge in [0.25, 0.3) is 0 Å². The average molecular weight is 772 g/mol. The summed E-state index contributed by atoms with van der Waals surface area (Å²) in [4.78, 5) is 90.7. The number of allylic oxidation sites excluding steroid dienone is 1. The number of ether oxygens (including phenoxy) is 1. The number of phenolic OH excluding ortho intramolecular Hbond substituents is 1. The smallest absolute Gasteiger partial charge is 0.326 e. The van der Waals surface area contributed by atoms with Gasteiger partial charge in [-0.3, -0.25) is 28.8 Å². The van der Waals surface area contributed by atoms with Gasteiger partial charge in [-0.15, -0.1) is 0 Å². The van der Waals surface area contributed by atoms with Gasteiger partial charge in [0.05, 0.1) is 48.6 Å². The number of rotatable bonds is 16. The summed E-state index contributed by atoms with van der Waals surface area (Å²) in [5.74, 6) is -9.52. The first-order valence-electron chi connectivity index (χ1n) is 17.5. The van der Waals surface area contributed by atoms with E-state index in [0.717, 1.165) is 12.1 Å². The fourth-order valence-corrected chi connectivity index (χ4v) is 8.44. The van der Waals surface area contributed by atoms with Crippen molar-refractivity contribution < 1.29 is 64.5 Å². The van der Waals surface area contributed by atoms with Gasteiger partial charge in [-0.2, -0.15) is 0 Å². The third-order valence-corrected chi connectivity index (χ3v) is 10.7. The van der Waals surface area contributed by atoms with Crippen LogP contribution < -0.4 is 20.9 Å². The fourth-order valence-electron chi connectivity index (χ4n) is 8.44. The molecule has 5 aromatic carbocycles. The SMILES string of the molecule is COc1c(O)c2c(=O)cc(CO)c3c4c(CO)cc(=O)c5c(NC(CCC(=O)O)C(=O)O)c(CC(CCC(=O)O)C(=O)O)c6c(c(c1C(C(C)=O)C(C)=C6)c23)c54. The largest absolute Gasteiger partial charge is 0.504 e. The summed E-state index contributed by atoms with van der Waals surface area (Å²) in [5, 5.41) is 75.8. The molecule has 56 heavy (non-hydrogen) atoms. The van der Waals surface area contributed by atoms with E-state index in [4.69, 9.17) is 4.74 Å². The molecule has 8 N–H and O–H groups in total. The summed E-state index contributed by atoms with van der Waals surface area (Å²) in [6.45, 7) is 1.35. The summed E-state index contributed by atoms with van der Waals surface area (Å²) in [6.07, 6.45) is -1.07. The number of hydrogen-bond acceptors (Lipinski definition) is 12. The van der Waals surface area contributed by atoms with Crippen LogP contribution in [-0.4, -0.2) is 78.6 Å². The van der Waals surface area contributed by atoms with Crippen molar-refractivity contribution in [2.24, 2.45) is 5.92 Å². The van der Waals surface area contributed by atoms with E-state index in [9.17, 15) is 69.3 Å². The van der Waals surface area contributed by atoms with E-state index >= 15 is 0 Å². The van der Waals surface area contributed by atoms with Crippen LogP contribution in [0, 0.1) is 5.92 Å². The lowest BCUT2D eigenvalue weighted by Gasteiger charge is -2.28. The van der Waals surface area contributed by atoms with Gasteiger partial charge in [-0.25, -0.2) is 4.79 Å². The molecule has 3 atom stereocenters. The minimum atomic E-state index is -1.67. The molecule has 0 aromatic heterocycles. The number of anilines is 1. The number of aliphatic hydroxyl groups is 2. The van der Waals surface area contributed by atoms with Crippen LogP contribution in [0.15, 0.2) is 27.3 Å². The maximum Gasteiger partial charge on any atom is 0.326 e. The zero-order valence-electron chi connectivity index (χ0n) is 30.3. The van der Waals surface area contributed by atoms with Gasteiger partial charge in [0.15, 0.2) is 22.4 Å². The minimum Gasteiger partial charge on any atom is -0.504 e. The lowest BCUT2D eigenvalue weighted by atomic mass is 9.78. The van der Waals surface area contributed by atoms with Crippen molar-refractivity contribution in [3.63, 3.8) is 0 Å². The van der Waals surface area contributed by atoms with Crippen molar-refractivity contribution in [2.75, 3.05) is 12.4 Å². The number of carbonyl (C=O) groups is 5. The van der Waals surface area contributed by atoms with Crippen LogP contribution in [0.3, 0.4) is 0 Å². The molecule has 16 heteroatoms. The predicted octanol–water partition coefficient (Wildman–Crippen LogP) is 3.52. The normalized spacial score (nSPS) is 14.9. The molecule has 0 heterocycles. The number of phenols is 1. The van der Waals surface area contributed by atoms with E-state index in [1.807, 2.05) is 0 Å². The van der Waals surface area contributed by atoms with E-state index in [2.05, 4.69) is 5.32 Å². The average Bonchev–Trinajstić information content (AvgIpc) is 3.25. The molecule has 0 aliphatic heterocycles. The van der Waals surface area contributed by atoms with Gasteiger partial charge in [0.1, 0.15) is 11.8 Å². The molecule has 1 aliphatic carbocycles. The van der Waals surface area contributed by atoms with Crippen molar-refractivity contribution >= 4 is 84.5 Å². The zero-order chi connectivity index (χ0) is 41.1. The van der Waals surface area contributed by atoms with Gasteiger partial charge in [0.2, 0.25) is 0 Å². The second-order valence-electron chi connectivity index (χ2n) is 14.0. The highest BCUT2D eigenvalue weighted by atomic mass is 16.5. The first-order chi connectivity index (χ1) is 26.5. The molecular weight excluding hydrogens is 734 g/mol. The number of fused-ring (bicyclic) bond motifs is 1. The molecular formula is C40H37NO15. The van der Waals surface area contributed by atoms with Crippen molar-refractivity contribution in [3.8, 4) is 11.5 Å². The Morgan fingerprint density at radius 2 is 1.32 bits per heavy atom. The number of carboxylic acid groups (broad SMARTS) is 4. The Hall–Kier alpha value is -6.39. The van der Waals surface area contributed by atoms with Gasteiger partial charge in [0, 0.05) is 29.2 Å². The van der Waals surface area contributed by atoms with Crippen LogP contribution in [0.5, 0.6) is 11.5 Å². The molecule has 0 spiro atoms. The number of methoxy groups -OCH3 is 1. The molecule has 292 valence electrons. The van der Waals surface area contributed by atoms with Crippen LogP contribution in [0.1, 0.15) is 73.3 Å². The summed E-state index contributed by atoms with van der Waals surface area (Å²) in [7, 11) is 1.22. The summed E-state index contributed by atoms with van der Waals surface area (Å²) < 4.78 is 5.71. The van der Waals surface area contributed by atoms with E-state index in [-0.39, 0.29) is 82.3 Å². The molecule has 0 fully saturated rings. The fraction of sp³-hybridized carbons (Fsp3) is 0.325. The molecule has 0 amide bonds. The number of hydrogen-bond donors (Lipinski definition) is 8. The number of ketones is 1. The van der Waals surface area contributed by atoms with Gasteiger partial charge in [-0.1, -0.05) is 11.6 Å². The van der Waals surface area contributed by atoms with Crippen LogP contribution in [0.2, 0.25) is 0 Å². The number of aliphatic hydroxyl groups excluding tert-OH is 2. The Morgan fingerprint density at radius 1 is 0.768 bits per heavy atom. The number of carboxylic acids is 4. The standard InChI is InChI=1S/C40H37NO15/c1-14-8-19-20(9-16(39(52)53)4-6-24(47)48)36(41-21(40(54)55)5-7-25(49)50)30-22(45)10-17(12-42)27-28-18(13-43)11-23(46)31-33(28)34(29(19)32(27)30)35(26(14)15(2)44)38(56-3)37(31)51/h8,10-11,16,21,26,41-43,51H,4-7,9,12-13H2,1-3H3,(H,47,48)(H,49,50)(H,52,53)(H,54,55). The summed E-state index contributed by atoms with van der Waals surface area (Å²) >= 11 is 0. The monoisotopic (exact) mass is 771 g/mol. The third kappa shape index (κ3) is 6.16. The topological polar surface area (TPSA) is 282 Å². The van der Waals surface area contributed by atoms with Crippen LogP contribution in [-0.2, 0) is 43.6 Å². The van der Waals surface area contributed by atoms with Crippen molar-refractivity contribution in [2.45, 2.75) is 71.1 Å². The lowest BCUT2D eigenvalue weighted by molar-refractivity contribution is -0.143. The van der Waals surface area contributed by atoms with Gasteiger partial charge in [-0.05, 0) is 89.0 Å². The Kier molecular flexibility index (Phi) is 10.3. The summed E-state index contributed by atoms with van der Waals surface area (Å²) in [5.41, 5.74) is -1.17. The number of Topliss-reactive ketones (excluding diaryl/α,β-unsaturated/α-hetero) is 1. The molecule has 3 unspecified atom stereocenters. The predicted molar refractivity (Wildman–Crippen MR) is 202 cm³/mol. The molecule has 6 rings (SSSR count). The summed E-state index contributed by atoms with van der Waals surface area (Å²) in [6, 6.07) is 0.474. The molecule has 0 bridgehead atoms. The zero-order valence-corrected chi connectivity index (χ0v) is 30.3. The molecule has 0 saturated carbocycles. The van der Waals surface area contributed by atoms with E-state index in [0.29, 0.717) is 5.57 Å². The number of aromatic hydroxyl groups is 1. The van der Waals surface area contributed by atoms with Crippen LogP contribution >= 0.6 is 0 Å². The quantitative estimate of drug-likeness (QED) is 0.0526. The first kappa shape index (κ1) is 39.3. The Balaban J connectivity index is 2.01. The second kappa shape index (κ2) is 14.7. The van der Waals surface area contributed by atoms with Crippen molar-refractivity contribution in [1.29, 1.82) is 0 Å². The maximum atomic E-state index is 14.5. The molecule has 0 saturated heterocycles.